The van der Waals surface area contributed by atoms with Crippen LogP contribution in [0.25, 0.3) is 0 Å². The Bertz CT molecular complexity index is 815. The summed E-state index contributed by atoms with van der Waals surface area (Å²) in [7, 11) is -1.36. The number of ether oxygens (including phenoxy) is 1. The van der Waals surface area contributed by atoms with E-state index < -0.39 is 10.0 Å². The van der Waals surface area contributed by atoms with E-state index in [-0.39, 0.29) is 35.8 Å². The Hall–Kier alpha value is -1.11. The van der Waals surface area contributed by atoms with E-state index in [1.165, 1.54) is 12.8 Å². The summed E-state index contributed by atoms with van der Waals surface area (Å²) in [5.41, 5.74) is 1.16. The molecule has 1 aromatic carbocycles. The summed E-state index contributed by atoms with van der Waals surface area (Å²) in [6.45, 7) is 7.13. The van der Waals surface area contributed by atoms with Crippen molar-refractivity contribution in [2.24, 2.45) is 4.99 Å². The summed E-state index contributed by atoms with van der Waals surface area (Å²) in [4.78, 5) is 7.31. The van der Waals surface area contributed by atoms with Crippen LogP contribution >= 0.6 is 24.0 Å². The predicted molar refractivity (Wildman–Crippen MR) is 136 cm³/mol. The Labute approximate surface area is 203 Å². The molecular formula is C21H36IN5O3S. The maximum atomic E-state index is 12.0. The highest BCUT2D eigenvalue weighted by Crippen LogP contribution is 2.31. The van der Waals surface area contributed by atoms with Gasteiger partial charge >= 0.3 is 0 Å². The largest absolute Gasteiger partial charge is 0.496 e. The zero-order valence-electron chi connectivity index (χ0n) is 18.5. The minimum Gasteiger partial charge on any atom is -0.496 e. The first kappa shape index (κ1) is 26.1. The van der Waals surface area contributed by atoms with Crippen LogP contribution in [-0.4, -0.2) is 82.3 Å². The summed E-state index contributed by atoms with van der Waals surface area (Å²) in [5, 5.41) is 6.57. The first-order valence-electron chi connectivity index (χ1n) is 10.9. The number of para-hydroxylation sites is 1. The Morgan fingerprint density at radius 1 is 1.16 bits per heavy atom. The number of guanidine groups is 1. The summed E-state index contributed by atoms with van der Waals surface area (Å²) >= 11 is 0. The molecule has 2 heterocycles. The number of methoxy groups -OCH3 is 1. The quantitative estimate of drug-likeness (QED) is 0.271. The molecule has 0 bridgehead atoms. The van der Waals surface area contributed by atoms with Crippen LogP contribution in [0.3, 0.4) is 0 Å². The average Bonchev–Trinajstić information content (AvgIpc) is 3.38. The van der Waals surface area contributed by atoms with Crippen LogP contribution in [0.15, 0.2) is 29.3 Å². The molecule has 10 heteroatoms. The molecule has 0 radical (unpaired) electrons. The molecule has 2 aliphatic rings. The van der Waals surface area contributed by atoms with Crippen molar-refractivity contribution >= 4 is 40.0 Å². The first-order valence-corrected chi connectivity index (χ1v) is 12.5. The standard InChI is InChI=1S/C21H35N5O3S.HI/c1-3-22-21(23-11-15-26-14-8-16-30(26,27)28)24-17-19(25-12-6-7-13-25)18-9-4-5-10-20(18)29-2;/h4-5,9-10,19H,3,6-8,11-17H2,1-2H3,(H2,22,23,24);1H. The second-order valence-corrected chi connectivity index (χ2v) is 9.80. The van der Waals surface area contributed by atoms with Crippen LogP contribution in [0.5, 0.6) is 5.75 Å². The van der Waals surface area contributed by atoms with Crippen LogP contribution in [0.4, 0.5) is 0 Å². The molecule has 0 aliphatic carbocycles. The molecule has 0 aromatic heterocycles. The molecule has 0 amide bonds. The van der Waals surface area contributed by atoms with Crippen molar-refractivity contribution < 1.29 is 13.2 Å². The van der Waals surface area contributed by atoms with Gasteiger partial charge in [0.15, 0.2) is 5.96 Å². The molecule has 0 spiro atoms. The van der Waals surface area contributed by atoms with Crippen molar-refractivity contribution in [3.63, 3.8) is 0 Å². The molecule has 2 fully saturated rings. The third-order valence-electron chi connectivity index (χ3n) is 5.70. The van der Waals surface area contributed by atoms with E-state index in [4.69, 9.17) is 9.73 Å². The number of hydrogen-bond donors (Lipinski definition) is 2. The lowest BCUT2D eigenvalue weighted by atomic mass is 10.0. The monoisotopic (exact) mass is 565 g/mol. The number of halogens is 1. The van der Waals surface area contributed by atoms with Gasteiger partial charge in [-0.2, -0.15) is 0 Å². The summed E-state index contributed by atoms with van der Waals surface area (Å²) in [5.74, 6) is 1.87. The number of sulfonamides is 1. The molecule has 1 unspecified atom stereocenters. The van der Waals surface area contributed by atoms with E-state index >= 15 is 0 Å². The molecule has 1 aromatic rings. The first-order chi connectivity index (χ1) is 14.5. The number of hydrogen-bond acceptors (Lipinski definition) is 5. The van der Waals surface area contributed by atoms with Gasteiger partial charge in [0, 0.05) is 31.7 Å². The number of aliphatic imine (C=N–C) groups is 1. The van der Waals surface area contributed by atoms with Gasteiger partial charge in [-0.1, -0.05) is 18.2 Å². The molecule has 3 rings (SSSR count). The SMILES string of the molecule is CCNC(=NCC(c1ccccc1OC)N1CCCC1)NCCN1CCCS1(=O)=O.I. The van der Waals surface area contributed by atoms with E-state index in [2.05, 4.69) is 21.6 Å². The normalized spacial score (nSPS) is 20.3. The van der Waals surface area contributed by atoms with Gasteiger partial charge in [-0.05, 0) is 45.3 Å². The van der Waals surface area contributed by atoms with Gasteiger partial charge in [-0.3, -0.25) is 9.89 Å². The maximum Gasteiger partial charge on any atom is 0.214 e. The van der Waals surface area contributed by atoms with Crippen LogP contribution in [0, 0.1) is 0 Å². The van der Waals surface area contributed by atoms with E-state index in [0.29, 0.717) is 38.6 Å². The van der Waals surface area contributed by atoms with Crippen LogP contribution in [0.2, 0.25) is 0 Å². The van der Waals surface area contributed by atoms with Crippen LogP contribution in [0.1, 0.15) is 37.8 Å². The highest BCUT2D eigenvalue weighted by atomic mass is 127. The molecule has 2 N–H and O–H groups in total. The zero-order valence-corrected chi connectivity index (χ0v) is 21.7. The van der Waals surface area contributed by atoms with E-state index in [1.54, 1.807) is 11.4 Å². The van der Waals surface area contributed by atoms with Crippen molar-refractivity contribution in [3.05, 3.63) is 29.8 Å². The minimum absolute atomic E-state index is 0. The predicted octanol–water partition coefficient (Wildman–Crippen LogP) is 2.04. The van der Waals surface area contributed by atoms with Crippen LogP contribution < -0.4 is 15.4 Å². The Kier molecular flexibility index (Phi) is 10.8. The lowest BCUT2D eigenvalue weighted by Gasteiger charge is -2.28. The second kappa shape index (κ2) is 12.8. The average molecular weight is 566 g/mol. The molecule has 8 nitrogen and oxygen atoms in total. The highest BCUT2D eigenvalue weighted by molar-refractivity contribution is 14.0. The second-order valence-electron chi connectivity index (χ2n) is 7.72. The van der Waals surface area contributed by atoms with Gasteiger partial charge in [0.1, 0.15) is 5.75 Å². The third-order valence-corrected chi connectivity index (χ3v) is 7.66. The molecule has 2 aliphatic heterocycles. The summed E-state index contributed by atoms with van der Waals surface area (Å²) in [6.07, 6.45) is 3.13. The Balaban J connectivity index is 0.00000341. The number of likely N-dealkylation sites (tertiary alicyclic amines) is 1. The van der Waals surface area contributed by atoms with Gasteiger partial charge in [-0.15, -0.1) is 24.0 Å². The third kappa shape index (κ3) is 7.19. The van der Waals surface area contributed by atoms with Crippen molar-refractivity contribution in [1.82, 2.24) is 19.8 Å². The van der Waals surface area contributed by atoms with E-state index in [0.717, 1.165) is 30.9 Å². The number of rotatable bonds is 9. The van der Waals surface area contributed by atoms with Crippen molar-refractivity contribution in [3.8, 4) is 5.75 Å². The summed E-state index contributed by atoms with van der Waals surface area (Å²) in [6, 6.07) is 8.31. The maximum absolute atomic E-state index is 12.0. The Morgan fingerprint density at radius 2 is 1.90 bits per heavy atom. The molecule has 1 atom stereocenters. The number of nitrogens with one attached hydrogen (secondary N) is 2. The molecular weight excluding hydrogens is 529 g/mol. The number of nitrogens with zero attached hydrogens (tertiary/aromatic N) is 3. The fraction of sp³-hybridized carbons (Fsp3) is 0.667. The Morgan fingerprint density at radius 3 is 2.55 bits per heavy atom. The van der Waals surface area contributed by atoms with Crippen molar-refractivity contribution in [1.29, 1.82) is 0 Å². The summed E-state index contributed by atoms with van der Waals surface area (Å²) < 4.78 is 31.1. The van der Waals surface area contributed by atoms with Crippen molar-refractivity contribution in [2.45, 2.75) is 32.2 Å². The minimum atomic E-state index is -3.07. The van der Waals surface area contributed by atoms with Gasteiger partial charge in [0.05, 0.1) is 25.4 Å². The van der Waals surface area contributed by atoms with E-state index in [9.17, 15) is 8.42 Å². The fourth-order valence-corrected chi connectivity index (χ4v) is 5.70. The molecule has 0 saturated carbocycles. The smallest absolute Gasteiger partial charge is 0.214 e. The number of benzene rings is 1. The van der Waals surface area contributed by atoms with Crippen LogP contribution in [-0.2, 0) is 10.0 Å². The van der Waals surface area contributed by atoms with Gasteiger partial charge in [-0.25, -0.2) is 12.7 Å². The topological polar surface area (TPSA) is 86.3 Å². The lowest BCUT2D eigenvalue weighted by Crippen LogP contribution is -2.42. The van der Waals surface area contributed by atoms with Gasteiger partial charge < -0.3 is 15.4 Å². The lowest BCUT2D eigenvalue weighted by molar-refractivity contribution is 0.245. The van der Waals surface area contributed by atoms with Crippen molar-refractivity contribution in [2.75, 3.05) is 58.7 Å². The van der Waals surface area contributed by atoms with Gasteiger partial charge in [0.2, 0.25) is 10.0 Å². The highest BCUT2D eigenvalue weighted by Gasteiger charge is 2.28. The van der Waals surface area contributed by atoms with Gasteiger partial charge in [0.25, 0.3) is 0 Å². The zero-order chi connectivity index (χ0) is 21.4. The molecule has 31 heavy (non-hydrogen) atoms. The molecule has 2 saturated heterocycles. The molecule has 176 valence electrons. The fourth-order valence-electron chi connectivity index (χ4n) is 4.17. The van der Waals surface area contributed by atoms with E-state index in [1.807, 2.05) is 25.1 Å².